The van der Waals surface area contributed by atoms with Crippen LogP contribution in [-0.4, -0.2) is 6.54 Å². The summed E-state index contributed by atoms with van der Waals surface area (Å²) in [5, 5.41) is 3.13. The minimum Gasteiger partial charge on any atom is -0.486 e. The molecule has 1 aromatic heterocycles. The van der Waals surface area contributed by atoms with Crippen molar-refractivity contribution < 1.29 is 4.74 Å². The molecular formula is C13H12BrCl2NOS. The summed E-state index contributed by atoms with van der Waals surface area (Å²) in [5.74, 6) is 0.668. The lowest BCUT2D eigenvalue weighted by atomic mass is 10.1. The van der Waals surface area contributed by atoms with Crippen molar-refractivity contribution in [1.82, 2.24) is 0 Å². The smallest absolute Gasteiger partial charge is 0.141 e. The fourth-order valence-corrected chi connectivity index (χ4v) is 3.64. The second-order valence-corrected chi connectivity index (χ2v) is 6.69. The quantitative estimate of drug-likeness (QED) is 0.800. The number of rotatable bonds is 5. The zero-order chi connectivity index (χ0) is 13.8. The van der Waals surface area contributed by atoms with Crippen molar-refractivity contribution in [3.05, 3.63) is 48.5 Å². The van der Waals surface area contributed by atoms with Gasteiger partial charge in [-0.3, -0.25) is 0 Å². The molecule has 0 unspecified atom stereocenters. The van der Waals surface area contributed by atoms with E-state index in [0.717, 1.165) is 14.9 Å². The van der Waals surface area contributed by atoms with Crippen molar-refractivity contribution in [1.29, 1.82) is 0 Å². The highest BCUT2D eigenvalue weighted by Gasteiger charge is 2.11. The third-order valence-electron chi connectivity index (χ3n) is 2.48. The molecule has 1 aromatic carbocycles. The first-order valence-electron chi connectivity index (χ1n) is 5.64. The fourth-order valence-electron chi connectivity index (χ4n) is 1.69. The van der Waals surface area contributed by atoms with Crippen LogP contribution in [0.5, 0.6) is 5.75 Å². The molecule has 2 nitrogen and oxygen atoms in total. The van der Waals surface area contributed by atoms with Crippen molar-refractivity contribution in [2.24, 2.45) is 5.73 Å². The normalized spacial score (nSPS) is 10.7. The van der Waals surface area contributed by atoms with Gasteiger partial charge in [-0.2, -0.15) is 0 Å². The predicted molar refractivity (Wildman–Crippen MR) is 85.6 cm³/mol. The minimum absolute atomic E-state index is 0.481. The molecule has 0 bridgehead atoms. The molecular weight excluding hydrogens is 369 g/mol. The first-order chi connectivity index (χ1) is 9.10. The highest BCUT2D eigenvalue weighted by molar-refractivity contribution is 9.10. The Hall–Kier alpha value is -0.260. The van der Waals surface area contributed by atoms with Crippen LogP contribution in [0.15, 0.2) is 28.1 Å². The van der Waals surface area contributed by atoms with Gasteiger partial charge in [-0.1, -0.05) is 23.2 Å². The molecule has 0 aliphatic carbocycles. The summed E-state index contributed by atoms with van der Waals surface area (Å²) < 4.78 is 6.87. The number of benzene rings is 1. The number of halogens is 3. The van der Waals surface area contributed by atoms with Crippen LogP contribution in [0.2, 0.25) is 10.0 Å². The third kappa shape index (κ3) is 4.10. The third-order valence-corrected chi connectivity index (χ3v) is 4.65. The fraction of sp³-hybridized carbons (Fsp3) is 0.231. The molecule has 19 heavy (non-hydrogen) atoms. The van der Waals surface area contributed by atoms with E-state index in [0.29, 0.717) is 35.4 Å². The highest BCUT2D eigenvalue weighted by atomic mass is 79.9. The van der Waals surface area contributed by atoms with Gasteiger partial charge in [0.15, 0.2) is 0 Å². The maximum atomic E-state index is 6.19. The molecule has 2 aromatic rings. The largest absolute Gasteiger partial charge is 0.486 e. The number of nitrogens with two attached hydrogens (primary N) is 1. The van der Waals surface area contributed by atoms with Crippen LogP contribution in [-0.2, 0) is 13.0 Å². The summed E-state index contributed by atoms with van der Waals surface area (Å²) in [6.07, 6.45) is 0.684. The molecule has 2 rings (SSSR count). The van der Waals surface area contributed by atoms with E-state index >= 15 is 0 Å². The van der Waals surface area contributed by atoms with Gasteiger partial charge >= 0.3 is 0 Å². The van der Waals surface area contributed by atoms with E-state index in [9.17, 15) is 0 Å². The summed E-state index contributed by atoms with van der Waals surface area (Å²) in [6.45, 7) is 1.01. The van der Waals surface area contributed by atoms with Crippen molar-refractivity contribution in [2.75, 3.05) is 6.54 Å². The number of ether oxygens (including phenoxy) is 1. The van der Waals surface area contributed by atoms with Gasteiger partial charge < -0.3 is 10.5 Å². The maximum absolute atomic E-state index is 6.19. The molecule has 2 N–H and O–H groups in total. The van der Waals surface area contributed by atoms with Crippen LogP contribution in [0.1, 0.15) is 10.4 Å². The summed E-state index contributed by atoms with van der Waals surface area (Å²) in [7, 11) is 0. The van der Waals surface area contributed by atoms with Crippen molar-refractivity contribution in [3.8, 4) is 5.75 Å². The van der Waals surface area contributed by atoms with Crippen molar-refractivity contribution in [2.45, 2.75) is 13.0 Å². The number of hydrogen-bond donors (Lipinski definition) is 1. The van der Waals surface area contributed by atoms with Gasteiger partial charge in [0.05, 0.1) is 5.02 Å². The Morgan fingerprint density at radius 1 is 1.26 bits per heavy atom. The lowest BCUT2D eigenvalue weighted by molar-refractivity contribution is 0.306. The zero-order valence-corrected chi connectivity index (χ0v) is 13.9. The molecule has 0 aliphatic rings. The molecule has 0 saturated carbocycles. The highest BCUT2D eigenvalue weighted by Crippen LogP contribution is 2.33. The molecule has 0 spiro atoms. The molecule has 0 saturated heterocycles. The predicted octanol–water partition coefficient (Wildman–Crippen LogP) is 4.90. The molecule has 0 atom stereocenters. The molecule has 6 heteroatoms. The Bertz CT molecular complexity index is 574. The molecule has 102 valence electrons. The second kappa shape index (κ2) is 6.95. The molecule has 0 radical (unpaired) electrons. The lowest BCUT2D eigenvalue weighted by Crippen LogP contribution is -2.05. The van der Waals surface area contributed by atoms with Crippen LogP contribution in [0, 0.1) is 0 Å². The van der Waals surface area contributed by atoms with Gasteiger partial charge in [-0.05, 0) is 52.7 Å². The van der Waals surface area contributed by atoms with Crippen LogP contribution >= 0.6 is 50.5 Å². The maximum Gasteiger partial charge on any atom is 0.141 e. The van der Waals surface area contributed by atoms with E-state index in [4.69, 9.17) is 33.7 Å². The van der Waals surface area contributed by atoms with E-state index in [-0.39, 0.29) is 0 Å². The summed E-state index contributed by atoms with van der Waals surface area (Å²) in [4.78, 5) is 1.12. The Morgan fingerprint density at radius 3 is 2.68 bits per heavy atom. The lowest BCUT2D eigenvalue weighted by Gasteiger charge is -2.12. The summed E-state index contributed by atoms with van der Waals surface area (Å²) in [5.41, 5.74) is 6.53. The van der Waals surface area contributed by atoms with Crippen molar-refractivity contribution >= 4 is 50.5 Å². The SMILES string of the molecule is NCCc1cc(Cl)cc(Cl)c1OCc1cc(Br)cs1. The van der Waals surface area contributed by atoms with E-state index in [1.54, 1.807) is 17.4 Å². The summed E-state index contributed by atoms with van der Waals surface area (Å²) in [6, 6.07) is 5.56. The van der Waals surface area contributed by atoms with Crippen LogP contribution in [0.4, 0.5) is 0 Å². The van der Waals surface area contributed by atoms with Gasteiger partial charge in [-0.25, -0.2) is 0 Å². The summed E-state index contributed by atoms with van der Waals surface area (Å²) >= 11 is 17.2. The van der Waals surface area contributed by atoms with E-state index < -0.39 is 0 Å². The number of thiophene rings is 1. The Morgan fingerprint density at radius 2 is 2.05 bits per heavy atom. The topological polar surface area (TPSA) is 35.2 Å². The second-order valence-electron chi connectivity index (χ2n) is 3.93. The van der Waals surface area contributed by atoms with Gasteiger partial charge in [0, 0.05) is 19.8 Å². The molecule has 0 amide bonds. The van der Waals surface area contributed by atoms with Gasteiger partial charge in [0.1, 0.15) is 12.4 Å². The standard InChI is InChI=1S/C13H12BrCl2NOS/c14-9-4-11(19-7-9)6-18-13-8(1-2-17)3-10(15)5-12(13)16/h3-5,7H,1-2,6,17H2. The van der Waals surface area contributed by atoms with E-state index in [1.807, 2.05) is 17.5 Å². The van der Waals surface area contributed by atoms with E-state index in [2.05, 4.69) is 15.9 Å². The van der Waals surface area contributed by atoms with Gasteiger partial charge in [0.2, 0.25) is 0 Å². The minimum atomic E-state index is 0.481. The van der Waals surface area contributed by atoms with Crippen LogP contribution in [0.25, 0.3) is 0 Å². The molecule has 1 heterocycles. The zero-order valence-electron chi connectivity index (χ0n) is 9.96. The first-order valence-corrected chi connectivity index (χ1v) is 8.06. The van der Waals surface area contributed by atoms with Gasteiger partial charge in [0.25, 0.3) is 0 Å². The average Bonchev–Trinajstić information content (AvgIpc) is 2.74. The van der Waals surface area contributed by atoms with E-state index in [1.165, 1.54) is 0 Å². The van der Waals surface area contributed by atoms with Gasteiger partial charge in [-0.15, -0.1) is 11.3 Å². The Labute approximate surface area is 134 Å². The number of hydrogen-bond acceptors (Lipinski definition) is 3. The molecule has 0 aliphatic heterocycles. The monoisotopic (exact) mass is 379 g/mol. The Kier molecular flexibility index (Phi) is 5.54. The van der Waals surface area contributed by atoms with Crippen LogP contribution in [0.3, 0.4) is 0 Å². The average molecular weight is 381 g/mol. The van der Waals surface area contributed by atoms with Crippen LogP contribution < -0.4 is 10.5 Å². The Balaban J connectivity index is 2.18. The first kappa shape index (κ1) is 15.1. The van der Waals surface area contributed by atoms with Crippen molar-refractivity contribution in [3.63, 3.8) is 0 Å². The molecule has 0 fully saturated rings.